The first-order valence-corrected chi connectivity index (χ1v) is 17.8. The second-order valence-corrected chi connectivity index (χ2v) is 14.9. The third kappa shape index (κ3) is 4.51. The fourth-order valence-corrected chi connectivity index (χ4v) is 9.20. The zero-order chi connectivity index (χ0) is 32.7. The number of fused-ring (bicyclic) bond motifs is 8. The molecule has 6 aromatic rings. The van der Waals surface area contributed by atoms with Crippen molar-refractivity contribution in [1.29, 1.82) is 0 Å². The molecule has 6 aromatic carbocycles. The summed E-state index contributed by atoms with van der Waals surface area (Å²) in [5.74, 6) is 1.93. The third-order valence-corrected chi connectivity index (χ3v) is 11.8. The lowest BCUT2D eigenvalue weighted by Crippen LogP contribution is -2.31. The fourth-order valence-electron chi connectivity index (χ4n) is 9.20. The molecule has 0 spiro atoms. The van der Waals surface area contributed by atoms with E-state index < -0.39 is 0 Å². The van der Waals surface area contributed by atoms with E-state index in [4.69, 9.17) is 0 Å². The minimum Gasteiger partial charge on any atom is -0.0799 e. The summed E-state index contributed by atoms with van der Waals surface area (Å²) in [6.45, 7) is 4.70. The average molecular weight is 627 g/mol. The van der Waals surface area contributed by atoms with Gasteiger partial charge >= 0.3 is 0 Å². The van der Waals surface area contributed by atoms with E-state index >= 15 is 0 Å². The largest absolute Gasteiger partial charge is 0.0799 e. The van der Waals surface area contributed by atoms with Gasteiger partial charge in [0.05, 0.1) is 0 Å². The van der Waals surface area contributed by atoms with E-state index in [0.717, 1.165) is 0 Å². The molecule has 0 N–H and O–H groups in total. The first kappa shape index (κ1) is 28.5. The van der Waals surface area contributed by atoms with Crippen LogP contribution in [0.1, 0.15) is 30.5 Å². The van der Waals surface area contributed by atoms with Crippen LogP contribution in [0.2, 0.25) is 0 Å². The molecule has 10 rings (SSSR count). The highest BCUT2D eigenvalue weighted by molar-refractivity contribution is 5.95. The fraction of sp³-hybridized carbons (Fsp3) is 0.143. The molecule has 0 heterocycles. The van der Waals surface area contributed by atoms with Gasteiger partial charge in [-0.05, 0) is 119 Å². The molecule has 0 aromatic heterocycles. The molecule has 0 aliphatic heterocycles. The van der Waals surface area contributed by atoms with Gasteiger partial charge < -0.3 is 0 Å². The zero-order valence-corrected chi connectivity index (χ0v) is 28.0. The Hall–Kier alpha value is -5.46. The van der Waals surface area contributed by atoms with Crippen LogP contribution in [0.25, 0.3) is 60.5 Å². The van der Waals surface area contributed by atoms with E-state index in [-0.39, 0.29) is 5.41 Å². The lowest BCUT2D eigenvalue weighted by molar-refractivity contribution is 0.357. The van der Waals surface area contributed by atoms with Crippen LogP contribution in [-0.2, 0) is 5.41 Å². The third-order valence-electron chi connectivity index (χ3n) is 11.8. The van der Waals surface area contributed by atoms with E-state index in [9.17, 15) is 0 Å². The van der Waals surface area contributed by atoms with Crippen molar-refractivity contribution in [2.24, 2.45) is 23.7 Å². The topological polar surface area (TPSA) is 0 Å². The summed E-state index contributed by atoms with van der Waals surface area (Å²) in [4.78, 5) is 0. The molecule has 0 saturated heterocycles. The smallest absolute Gasteiger partial charge is 0.0159 e. The normalized spacial score (nSPS) is 22.4. The molecule has 0 amide bonds. The van der Waals surface area contributed by atoms with E-state index in [1.165, 1.54) is 77.2 Å². The van der Waals surface area contributed by atoms with Gasteiger partial charge in [0, 0.05) is 17.3 Å². The van der Waals surface area contributed by atoms with Crippen molar-refractivity contribution < 1.29 is 0 Å². The van der Waals surface area contributed by atoms with Crippen molar-refractivity contribution in [2.75, 3.05) is 0 Å². The second-order valence-electron chi connectivity index (χ2n) is 14.9. The first-order valence-electron chi connectivity index (χ1n) is 17.8. The zero-order valence-electron chi connectivity index (χ0n) is 28.0. The number of benzene rings is 6. The van der Waals surface area contributed by atoms with E-state index in [0.29, 0.717) is 23.7 Å². The van der Waals surface area contributed by atoms with Crippen molar-refractivity contribution in [3.63, 3.8) is 0 Å². The van der Waals surface area contributed by atoms with Crippen LogP contribution in [0.4, 0.5) is 0 Å². The molecule has 0 fully saturated rings. The van der Waals surface area contributed by atoms with Crippen molar-refractivity contribution >= 4 is 27.1 Å². The highest BCUT2D eigenvalue weighted by Crippen LogP contribution is 2.50. The molecule has 4 aliphatic carbocycles. The van der Waals surface area contributed by atoms with Crippen molar-refractivity contribution in [2.45, 2.75) is 19.3 Å². The lowest BCUT2D eigenvalue weighted by Gasteiger charge is -2.40. The number of hydrogen-bond acceptors (Lipinski definition) is 0. The molecule has 4 atom stereocenters. The van der Waals surface area contributed by atoms with Gasteiger partial charge in [-0.1, -0.05) is 153 Å². The van der Waals surface area contributed by atoms with E-state index in [2.05, 4.69) is 184 Å². The minimum atomic E-state index is 0.00364. The van der Waals surface area contributed by atoms with Crippen LogP contribution >= 0.6 is 0 Å². The molecule has 49 heavy (non-hydrogen) atoms. The quantitative estimate of drug-likeness (QED) is 0.183. The van der Waals surface area contributed by atoms with Gasteiger partial charge in [0.25, 0.3) is 0 Å². The van der Waals surface area contributed by atoms with Crippen molar-refractivity contribution in [3.05, 3.63) is 187 Å². The molecular formula is C49H38. The van der Waals surface area contributed by atoms with Crippen LogP contribution in [-0.4, -0.2) is 0 Å². The van der Waals surface area contributed by atoms with Crippen LogP contribution in [0.5, 0.6) is 0 Å². The summed E-state index contributed by atoms with van der Waals surface area (Å²) in [5, 5.41) is 5.11. The molecule has 0 nitrogen and oxygen atoms in total. The molecular weight excluding hydrogens is 589 g/mol. The Balaban J connectivity index is 0.951. The van der Waals surface area contributed by atoms with Crippen molar-refractivity contribution in [1.82, 2.24) is 0 Å². The van der Waals surface area contributed by atoms with Gasteiger partial charge in [0.2, 0.25) is 0 Å². The van der Waals surface area contributed by atoms with Crippen LogP contribution in [0, 0.1) is 23.7 Å². The predicted octanol–water partition coefficient (Wildman–Crippen LogP) is 12.7. The maximum absolute atomic E-state index is 2.52. The average Bonchev–Trinajstić information content (AvgIpc) is 3.39. The monoisotopic (exact) mass is 626 g/mol. The van der Waals surface area contributed by atoms with Crippen LogP contribution in [0.15, 0.2) is 170 Å². The highest BCUT2D eigenvalue weighted by atomic mass is 14.4. The molecule has 4 unspecified atom stereocenters. The molecule has 0 radical (unpaired) electrons. The van der Waals surface area contributed by atoms with Crippen LogP contribution in [0.3, 0.4) is 0 Å². The molecule has 0 heteroatoms. The Bertz CT molecular complexity index is 2490. The number of allylic oxidation sites excluding steroid dienone is 10. The van der Waals surface area contributed by atoms with Gasteiger partial charge in [-0.15, -0.1) is 0 Å². The van der Waals surface area contributed by atoms with Gasteiger partial charge in [0.1, 0.15) is 0 Å². The Morgan fingerprint density at radius 1 is 0.429 bits per heavy atom. The van der Waals surface area contributed by atoms with Gasteiger partial charge in [-0.3, -0.25) is 0 Å². The van der Waals surface area contributed by atoms with E-state index in [1.807, 2.05) is 0 Å². The number of rotatable bonds is 3. The lowest BCUT2D eigenvalue weighted by atomic mass is 9.63. The summed E-state index contributed by atoms with van der Waals surface area (Å²) in [6, 6.07) is 43.7. The van der Waals surface area contributed by atoms with Gasteiger partial charge in [-0.2, -0.15) is 0 Å². The molecule has 234 valence electrons. The summed E-state index contributed by atoms with van der Waals surface area (Å²) in [5.41, 5.74) is 13.4. The Morgan fingerprint density at radius 2 is 0.939 bits per heavy atom. The minimum absolute atomic E-state index is 0.00364. The Labute approximate surface area is 289 Å². The van der Waals surface area contributed by atoms with Crippen LogP contribution < -0.4 is 0 Å². The molecule has 4 aliphatic rings. The molecule has 0 saturated carbocycles. The van der Waals surface area contributed by atoms with Gasteiger partial charge in [0.15, 0.2) is 0 Å². The maximum atomic E-state index is 2.52. The summed E-state index contributed by atoms with van der Waals surface area (Å²) in [7, 11) is 0. The molecule has 0 bridgehead atoms. The first-order chi connectivity index (χ1) is 24.0. The summed E-state index contributed by atoms with van der Waals surface area (Å²) < 4.78 is 0. The second kappa shape index (κ2) is 10.8. The van der Waals surface area contributed by atoms with Gasteiger partial charge in [-0.25, -0.2) is 0 Å². The summed E-state index contributed by atoms with van der Waals surface area (Å²) >= 11 is 0. The predicted molar refractivity (Wildman–Crippen MR) is 208 cm³/mol. The standard InChI is InChI=1S/C49H38/c1-49(2)47-14-8-7-13-44(47)45-24-23-38(30-48(45)49)36-19-17-32-25-31(15-16-34(32)27-36)33-18-20-37-28-40(22-21-35(37)26-33)46-29-39-9-3-4-10-41(39)42-11-5-6-12-43(42)46/h3-30,39,41-43H,1-2H3. The number of hydrogen-bond donors (Lipinski definition) is 0. The summed E-state index contributed by atoms with van der Waals surface area (Å²) in [6.07, 6.45) is 21.0. The highest BCUT2D eigenvalue weighted by Gasteiger charge is 2.37. The SMILES string of the molecule is CC1(C)c2ccccc2-c2ccc(-c3ccc4cc(-c5ccc6cc(C7=CC8C=CC=CC8C8C=CC=CC78)ccc6c5)ccc4c3)cc21. The Kier molecular flexibility index (Phi) is 6.28. The maximum Gasteiger partial charge on any atom is 0.0159 e. The Morgan fingerprint density at radius 3 is 1.63 bits per heavy atom. The van der Waals surface area contributed by atoms with Crippen molar-refractivity contribution in [3.8, 4) is 33.4 Å². The van der Waals surface area contributed by atoms with E-state index in [1.54, 1.807) is 0 Å².